The molecule has 13 heteroatoms. The monoisotopic (exact) mass is 482 g/mol. The number of hydrogen-bond acceptors (Lipinski definition) is 7. The van der Waals surface area contributed by atoms with Crippen LogP contribution in [0, 0.1) is 10.1 Å². The SMILES string of the molecule is COc1ccc(CNS(=O)(=O)c2cc([N+](=O)[O-])ccc2-n2cc(CC(F)F)cn2)c(OC)c1. The number of benzene rings is 2. The molecular weight excluding hydrogens is 462 g/mol. The minimum Gasteiger partial charge on any atom is -0.497 e. The third kappa shape index (κ3) is 5.62. The predicted molar refractivity (Wildman–Crippen MR) is 113 cm³/mol. The quantitative estimate of drug-likeness (QED) is 0.348. The molecule has 176 valence electrons. The molecule has 0 radical (unpaired) electrons. The van der Waals surface area contributed by atoms with Gasteiger partial charge in [-0.15, -0.1) is 0 Å². The number of alkyl halides is 2. The summed E-state index contributed by atoms with van der Waals surface area (Å²) in [5.41, 5.74) is 0.186. The van der Waals surface area contributed by atoms with Crippen LogP contribution in [0.25, 0.3) is 5.69 Å². The van der Waals surface area contributed by atoms with E-state index in [0.29, 0.717) is 17.1 Å². The minimum absolute atomic E-state index is 0.0321. The van der Waals surface area contributed by atoms with Gasteiger partial charge in [0.2, 0.25) is 16.4 Å². The maximum atomic E-state index is 13.1. The van der Waals surface area contributed by atoms with Gasteiger partial charge < -0.3 is 9.47 Å². The van der Waals surface area contributed by atoms with Gasteiger partial charge in [-0.25, -0.2) is 26.6 Å². The van der Waals surface area contributed by atoms with E-state index in [2.05, 4.69) is 9.82 Å². The Bertz CT molecular complexity index is 1260. The van der Waals surface area contributed by atoms with E-state index < -0.39 is 38.4 Å². The zero-order valence-corrected chi connectivity index (χ0v) is 18.4. The van der Waals surface area contributed by atoms with E-state index in [1.807, 2.05) is 0 Å². The molecule has 2 aromatic carbocycles. The van der Waals surface area contributed by atoms with Crippen LogP contribution in [-0.4, -0.2) is 43.8 Å². The smallest absolute Gasteiger partial charge is 0.270 e. The molecule has 0 spiro atoms. The summed E-state index contributed by atoms with van der Waals surface area (Å²) >= 11 is 0. The van der Waals surface area contributed by atoms with Crippen LogP contribution in [0.5, 0.6) is 11.5 Å². The van der Waals surface area contributed by atoms with E-state index in [4.69, 9.17) is 9.47 Å². The second-order valence-electron chi connectivity index (χ2n) is 6.80. The van der Waals surface area contributed by atoms with Crippen molar-refractivity contribution in [1.29, 1.82) is 0 Å². The molecule has 0 aliphatic carbocycles. The maximum Gasteiger partial charge on any atom is 0.270 e. The third-order valence-electron chi connectivity index (χ3n) is 4.66. The number of hydrogen-bond donors (Lipinski definition) is 1. The van der Waals surface area contributed by atoms with Gasteiger partial charge in [0, 0.05) is 42.9 Å². The van der Waals surface area contributed by atoms with Gasteiger partial charge in [0.25, 0.3) is 5.69 Å². The number of aromatic nitrogens is 2. The zero-order valence-electron chi connectivity index (χ0n) is 17.6. The highest BCUT2D eigenvalue weighted by Gasteiger charge is 2.24. The number of nitro benzene ring substituents is 1. The first-order valence-electron chi connectivity index (χ1n) is 9.45. The fourth-order valence-corrected chi connectivity index (χ4v) is 4.26. The lowest BCUT2D eigenvalue weighted by atomic mass is 10.2. The first kappa shape index (κ1) is 24.1. The van der Waals surface area contributed by atoms with Crippen molar-refractivity contribution in [2.75, 3.05) is 14.2 Å². The van der Waals surface area contributed by atoms with Crippen LogP contribution in [-0.2, 0) is 23.0 Å². The molecule has 0 atom stereocenters. The fourth-order valence-electron chi connectivity index (χ4n) is 3.04. The van der Waals surface area contributed by atoms with Gasteiger partial charge in [-0.3, -0.25) is 10.1 Å². The predicted octanol–water partition coefficient (Wildman–Crippen LogP) is 3.08. The van der Waals surface area contributed by atoms with Crippen LogP contribution in [0.3, 0.4) is 0 Å². The molecule has 10 nitrogen and oxygen atoms in total. The number of sulfonamides is 1. The van der Waals surface area contributed by atoms with E-state index in [1.165, 1.54) is 32.7 Å². The molecule has 1 heterocycles. The van der Waals surface area contributed by atoms with E-state index in [9.17, 15) is 27.3 Å². The Kier molecular flexibility index (Phi) is 7.23. The number of methoxy groups -OCH3 is 2. The lowest BCUT2D eigenvalue weighted by Gasteiger charge is -2.14. The summed E-state index contributed by atoms with van der Waals surface area (Å²) in [6.07, 6.45) is -0.743. The lowest BCUT2D eigenvalue weighted by molar-refractivity contribution is -0.385. The van der Waals surface area contributed by atoms with Gasteiger partial charge in [0.1, 0.15) is 16.4 Å². The highest BCUT2D eigenvalue weighted by Crippen LogP contribution is 2.28. The highest BCUT2D eigenvalue weighted by molar-refractivity contribution is 7.89. The van der Waals surface area contributed by atoms with E-state index in [0.717, 1.165) is 16.8 Å². The second-order valence-corrected chi connectivity index (χ2v) is 8.54. The fraction of sp³-hybridized carbons (Fsp3) is 0.250. The number of halogens is 2. The molecule has 1 aromatic heterocycles. The van der Waals surface area contributed by atoms with Gasteiger partial charge in [0.15, 0.2) is 0 Å². The molecular formula is C20H20F2N4O6S. The number of nitrogens with zero attached hydrogens (tertiary/aromatic N) is 3. The standard InChI is InChI=1S/C20H20F2N4O6S/c1-31-16-5-3-14(18(9-16)32-2)11-24-33(29,30)19-8-15(26(27)28)4-6-17(19)25-12-13(10-23-25)7-20(21)22/h3-6,8-10,12,20,24H,7,11H2,1-2H3. The Balaban J connectivity index is 1.98. The topological polar surface area (TPSA) is 126 Å². The number of ether oxygens (including phenoxy) is 2. The Hall–Kier alpha value is -3.58. The summed E-state index contributed by atoms with van der Waals surface area (Å²) in [5, 5.41) is 15.2. The highest BCUT2D eigenvalue weighted by atomic mass is 32.2. The van der Waals surface area contributed by atoms with E-state index in [1.54, 1.807) is 18.2 Å². The number of rotatable bonds is 10. The van der Waals surface area contributed by atoms with Crippen LogP contribution >= 0.6 is 0 Å². The number of nitrogens with one attached hydrogen (secondary N) is 1. The van der Waals surface area contributed by atoms with Gasteiger partial charge >= 0.3 is 0 Å². The van der Waals surface area contributed by atoms with Crippen molar-refractivity contribution in [2.24, 2.45) is 0 Å². The van der Waals surface area contributed by atoms with Crippen molar-refractivity contribution in [3.05, 3.63) is 70.0 Å². The van der Waals surface area contributed by atoms with Crippen molar-refractivity contribution < 1.29 is 31.6 Å². The lowest BCUT2D eigenvalue weighted by Crippen LogP contribution is -2.25. The Morgan fingerprint density at radius 3 is 2.58 bits per heavy atom. The average molecular weight is 482 g/mol. The van der Waals surface area contributed by atoms with Gasteiger partial charge in [-0.1, -0.05) is 6.07 Å². The molecule has 0 aliphatic rings. The van der Waals surface area contributed by atoms with Crippen molar-refractivity contribution in [2.45, 2.75) is 24.3 Å². The van der Waals surface area contributed by atoms with Crippen LogP contribution in [0.15, 0.2) is 53.7 Å². The van der Waals surface area contributed by atoms with Gasteiger partial charge in [0.05, 0.1) is 31.0 Å². The summed E-state index contributed by atoms with van der Waals surface area (Å²) in [4.78, 5) is 10.1. The summed E-state index contributed by atoms with van der Waals surface area (Å²) in [7, 11) is -1.41. The molecule has 1 N–H and O–H groups in total. The Morgan fingerprint density at radius 2 is 1.94 bits per heavy atom. The molecule has 0 unspecified atom stereocenters. The third-order valence-corrected chi connectivity index (χ3v) is 6.09. The molecule has 0 saturated heterocycles. The van der Waals surface area contributed by atoms with E-state index in [-0.39, 0.29) is 17.8 Å². The second kappa shape index (κ2) is 9.92. The van der Waals surface area contributed by atoms with Gasteiger partial charge in [-0.2, -0.15) is 5.10 Å². The number of nitro groups is 1. The van der Waals surface area contributed by atoms with E-state index >= 15 is 0 Å². The first-order chi connectivity index (χ1) is 15.6. The van der Waals surface area contributed by atoms with Crippen LogP contribution < -0.4 is 14.2 Å². The van der Waals surface area contributed by atoms with Crippen molar-refractivity contribution in [3.63, 3.8) is 0 Å². The molecule has 3 aromatic rings. The molecule has 0 aliphatic heterocycles. The van der Waals surface area contributed by atoms with Crippen molar-refractivity contribution >= 4 is 15.7 Å². The van der Waals surface area contributed by atoms with Crippen molar-refractivity contribution in [1.82, 2.24) is 14.5 Å². The van der Waals surface area contributed by atoms with Crippen LogP contribution in [0.1, 0.15) is 11.1 Å². The van der Waals surface area contributed by atoms with Crippen molar-refractivity contribution in [3.8, 4) is 17.2 Å². The first-order valence-corrected chi connectivity index (χ1v) is 10.9. The summed E-state index contributed by atoms with van der Waals surface area (Å²) in [6.45, 7) is -0.187. The maximum absolute atomic E-state index is 13.1. The van der Waals surface area contributed by atoms with Crippen LogP contribution in [0.4, 0.5) is 14.5 Å². The molecule has 0 fully saturated rings. The average Bonchev–Trinajstić information content (AvgIpc) is 3.24. The Morgan fingerprint density at radius 1 is 1.18 bits per heavy atom. The van der Waals surface area contributed by atoms with Gasteiger partial charge in [-0.05, 0) is 17.7 Å². The Labute approximate surface area is 187 Å². The summed E-state index contributed by atoms with van der Waals surface area (Å²) < 4.78 is 65.4. The normalized spacial score (nSPS) is 11.5. The molecule has 0 bridgehead atoms. The summed E-state index contributed by atoms with van der Waals surface area (Å²) in [6, 6.07) is 8.00. The number of non-ortho nitro benzene ring substituents is 1. The molecule has 3 rings (SSSR count). The summed E-state index contributed by atoms with van der Waals surface area (Å²) in [5.74, 6) is 0.887. The molecule has 0 saturated carbocycles. The van der Waals surface area contributed by atoms with Crippen LogP contribution in [0.2, 0.25) is 0 Å². The zero-order chi connectivity index (χ0) is 24.2. The minimum atomic E-state index is -4.30. The largest absolute Gasteiger partial charge is 0.497 e. The molecule has 0 amide bonds. The molecule has 33 heavy (non-hydrogen) atoms.